The fourth-order valence-electron chi connectivity index (χ4n) is 2.39. The van der Waals surface area contributed by atoms with E-state index >= 15 is 0 Å². The van der Waals surface area contributed by atoms with Crippen LogP contribution in [0.2, 0.25) is 0 Å². The molecule has 0 heterocycles. The van der Waals surface area contributed by atoms with E-state index in [-0.39, 0.29) is 12.0 Å². The van der Waals surface area contributed by atoms with Crippen LogP contribution in [0.3, 0.4) is 0 Å². The molecule has 1 aromatic carbocycles. The highest BCUT2D eigenvalue weighted by molar-refractivity contribution is 5.25. The van der Waals surface area contributed by atoms with Crippen molar-refractivity contribution in [3.05, 3.63) is 35.9 Å². The summed E-state index contributed by atoms with van der Waals surface area (Å²) in [6.45, 7) is 8.78. The van der Waals surface area contributed by atoms with Crippen LogP contribution in [0.15, 0.2) is 30.3 Å². The third kappa shape index (κ3) is 4.11. The van der Waals surface area contributed by atoms with Crippen molar-refractivity contribution in [3.63, 3.8) is 0 Å². The number of nitrogens with zero attached hydrogens (tertiary/aromatic N) is 1. The Morgan fingerprint density at radius 2 is 1.89 bits per heavy atom. The Morgan fingerprint density at radius 3 is 2.39 bits per heavy atom. The summed E-state index contributed by atoms with van der Waals surface area (Å²) in [6.07, 6.45) is 1.20. The number of aliphatic hydroxyl groups is 1. The highest BCUT2D eigenvalue weighted by Crippen LogP contribution is 2.24. The number of rotatable bonds is 7. The number of hydrogen-bond donors (Lipinski definition) is 1. The molecule has 0 saturated heterocycles. The second-order valence-corrected chi connectivity index (χ2v) is 5.79. The quantitative estimate of drug-likeness (QED) is 0.803. The van der Waals surface area contributed by atoms with E-state index in [9.17, 15) is 5.11 Å². The molecule has 0 aliphatic rings. The van der Waals surface area contributed by atoms with Crippen LogP contribution in [0.5, 0.6) is 0 Å². The highest BCUT2D eigenvalue weighted by Gasteiger charge is 2.27. The maximum Gasteiger partial charge on any atom is 0.0537 e. The Morgan fingerprint density at radius 1 is 1.28 bits per heavy atom. The van der Waals surface area contributed by atoms with Crippen LogP contribution in [0.4, 0.5) is 0 Å². The number of likely N-dealkylation sites (N-methyl/N-ethyl adjacent to an activating group) is 1. The summed E-state index contributed by atoms with van der Waals surface area (Å²) in [4.78, 5) is 2.33. The molecule has 2 atom stereocenters. The molecule has 0 amide bonds. The molecule has 0 saturated carbocycles. The fourth-order valence-corrected chi connectivity index (χ4v) is 2.39. The summed E-state index contributed by atoms with van der Waals surface area (Å²) >= 11 is 0. The summed E-state index contributed by atoms with van der Waals surface area (Å²) in [6, 6.07) is 10.3. The number of benzene rings is 1. The first-order valence-corrected chi connectivity index (χ1v) is 6.86. The Bertz CT molecular complexity index is 338. The van der Waals surface area contributed by atoms with Gasteiger partial charge in [0.1, 0.15) is 0 Å². The summed E-state index contributed by atoms with van der Waals surface area (Å²) < 4.78 is 0. The molecule has 0 aliphatic heterocycles. The molecule has 0 spiro atoms. The molecular formula is C16H27NO. The van der Waals surface area contributed by atoms with Gasteiger partial charge in [-0.3, -0.25) is 0 Å². The van der Waals surface area contributed by atoms with Gasteiger partial charge in [0.15, 0.2) is 0 Å². The van der Waals surface area contributed by atoms with Crippen LogP contribution in [0.1, 0.15) is 32.8 Å². The van der Waals surface area contributed by atoms with E-state index in [2.05, 4.69) is 44.9 Å². The predicted octanol–water partition coefficient (Wildman–Crippen LogP) is 2.91. The zero-order valence-corrected chi connectivity index (χ0v) is 12.2. The van der Waals surface area contributed by atoms with Gasteiger partial charge in [0.25, 0.3) is 0 Å². The fraction of sp³-hybridized carbons (Fsp3) is 0.625. The van der Waals surface area contributed by atoms with E-state index in [0.29, 0.717) is 5.92 Å². The first kappa shape index (κ1) is 15.2. The van der Waals surface area contributed by atoms with Crippen molar-refractivity contribution in [1.29, 1.82) is 0 Å². The van der Waals surface area contributed by atoms with Crippen molar-refractivity contribution in [1.82, 2.24) is 4.90 Å². The van der Waals surface area contributed by atoms with Crippen molar-refractivity contribution >= 4 is 0 Å². The van der Waals surface area contributed by atoms with E-state index in [0.717, 1.165) is 13.1 Å². The number of hydrogen-bond acceptors (Lipinski definition) is 2. The van der Waals surface area contributed by atoms with Crippen molar-refractivity contribution < 1.29 is 5.11 Å². The second kappa shape index (κ2) is 6.91. The minimum absolute atomic E-state index is 0.177. The highest BCUT2D eigenvalue weighted by atomic mass is 16.3. The lowest BCUT2D eigenvalue weighted by molar-refractivity contribution is 0.150. The topological polar surface area (TPSA) is 23.5 Å². The van der Waals surface area contributed by atoms with Crippen LogP contribution >= 0.6 is 0 Å². The molecule has 0 radical (unpaired) electrons. The second-order valence-electron chi connectivity index (χ2n) is 5.79. The molecular weight excluding hydrogens is 222 g/mol. The van der Waals surface area contributed by atoms with Gasteiger partial charge in [0.2, 0.25) is 0 Å². The zero-order chi connectivity index (χ0) is 13.6. The molecule has 1 rings (SSSR count). The average Bonchev–Trinajstić information content (AvgIpc) is 2.39. The molecule has 0 bridgehead atoms. The minimum atomic E-state index is -0.177. The molecule has 0 fully saturated rings. The summed E-state index contributed by atoms with van der Waals surface area (Å²) in [5, 5.41) is 9.75. The van der Waals surface area contributed by atoms with Crippen LogP contribution < -0.4 is 0 Å². The van der Waals surface area contributed by atoms with Crippen molar-refractivity contribution in [2.75, 3.05) is 26.7 Å². The Kier molecular flexibility index (Phi) is 5.83. The third-order valence-corrected chi connectivity index (χ3v) is 3.76. The van der Waals surface area contributed by atoms with Crippen LogP contribution in [-0.2, 0) is 5.41 Å². The smallest absolute Gasteiger partial charge is 0.0537 e. The van der Waals surface area contributed by atoms with Crippen LogP contribution in [0, 0.1) is 5.92 Å². The first-order chi connectivity index (χ1) is 8.51. The van der Waals surface area contributed by atoms with E-state index < -0.39 is 0 Å². The molecule has 2 nitrogen and oxygen atoms in total. The van der Waals surface area contributed by atoms with Crippen molar-refractivity contribution in [3.8, 4) is 0 Å². The van der Waals surface area contributed by atoms with Gasteiger partial charge in [-0.2, -0.15) is 0 Å². The van der Waals surface area contributed by atoms with Gasteiger partial charge in [0.05, 0.1) is 6.61 Å². The SMILES string of the molecule is CCC(C)CN(C)CC(C)(CO)c1ccccc1. The standard InChI is InChI=1S/C16H27NO/c1-5-14(2)11-17(4)12-16(3,13-18)15-9-7-6-8-10-15/h6-10,14,18H,5,11-13H2,1-4H3. The van der Waals surface area contributed by atoms with Crippen molar-refractivity contribution in [2.24, 2.45) is 5.92 Å². The third-order valence-electron chi connectivity index (χ3n) is 3.76. The molecule has 0 aliphatic carbocycles. The summed E-state index contributed by atoms with van der Waals surface area (Å²) in [5.74, 6) is 0.703. The lowest BCUT2D eigenvalue weighted by Gasteiger charge is -2.33. The van der Waals surface area contributed by atoms with Gasteiger partial charge in [-0.05, 0) is 18.5 Å². The molecule has 0 aromatic heterocycles. The average molecular weight is 249 g/mol. The van der Waals surface area contributed by atoms with Crippen molar-refractivity contribution in [2.45, 2.75) is 32.6 Å². The Hall–Kier alpha value is -0.860. The van der Waals surface area contributed by atoms with Gasteiger partial charge in [-0.1, -0.05) is 57.5 Å². The molecule has 18 heavy (non-hydrogen) atoms. The van der Waals surface area contributed by atoms with E-state index in [4.69, 9.17) is 0 Å². The molecule has 1 N–H and O–H groups in total. The Labute approximate surface area is 112 Å². The minimum Gasteiger partial charge on any atom is -0.395 e. The summed E-state index contributed by atoms with van der Waals surface area (Å²) in [7, 11) is 2.14. The van der Waals surface area contributed by atoms with Crippen LogP contribution in [0.25, 0.3) is 0 Å². The van der Waals surface area contributed by atoms with E-state index in [1.807, 2.05) is 18.2 Å². The normalized spacial score (nSPS) is 16.6. The van der Waals surface area contributed by atoms with Gasteiger partial charge in [-0.25, -0.2) is 0 Å². The largest absolute Gasteiger partial charge is 0.395 e. The van der Waals surface area contributed by atoms with E-state index in [1.54, 1.807) is 0 Å². The number of aliphatic hydroxyl groups excluding tert-OH is 1. The van der Waals surface area contributed by atoms with Gasteiger partial charge in [-0.15, -0.1) is 0 Å². The zero-order valence-electron chi connectivity index (χ0n) is 12.2. The maximum atomic E-state index is 9.75. The monoisotopic (exact) mass is 249 g/mol. The van der Waals surface area contributed by atoms with Gasteiger partial charge >= 0.3 is 0 Å². The lowest BCUT2D eigenvalue weighted by Crippen LogP contribution is -2.41. The van der Waals surface area contributed by atoms with Crippen LogP contribution in [-0.4, -0.2) is 36.8 Å². The lowest BCUT2D eigenvalue weighted by atomic mass is 9.82. The first-order valence-electron chi connectivity index (χ1n) is 6.86. The molecule has 2 heteroatoms. The van der Waals surface area contributed by atoms with Gasteiger partial charge in [0, 0.05) is 18.5 Å². The van der Waals surface area contributed by atoms with E-state index in [1.165, 1.54) is 12.0 Å². The molecule has 2 unspecified atom stereocenters. The summed E-state index contributed by atoms with van der Waals surface area (Å²) in [5.41, 5.74) is 1.03. The Balaban J connectivity index is 2.71. The predicted molar refractivity (Wildman–Crippen MR) is 77.8 cm³/mol. The molecule has 1 aromatic rings. The maximum absolute atomic E-state index is 9.75. The molecule has 102 valence electrons. The van der Waals surface area contributed by atoms with Gasteiger partial charge < -0.3 is 10.0 Å².